The summed E-state index contributed by atoms with van der Waals surface area (Å²) in [6.07, 6.45) is 0. The highest BCUT2D eigenvalue weighted by molar-refractivity contribution is 5.53. The zero-order chi connectivity index (χ0) is 14.7. The lowest BCUT2D eigenvalue weighted by Gasteiger charge is -2.33. The van der Waals surface area contributed by atoms with Gasteiger partial charge in [-0.1, -0.05) is 22.9 Å². The number of aliphatic hydroxyl groups is 1. The topological polar surface area (TPSA) is 71.6 Å². The van der Waals surface area contributed by atoms with Crippen molar-refractivity contribution in [1.29, 1.82) is 0 Å². The molecule has 1 aromatic heterocycles. The van der Waals surface area contributed by atoms with E-state index in [4.69, 9.17) is 9.26 Å². The van der Waals surface area contributed by atoms with E-state index >= 15 is 0 Å². The van der Waals surface area contributed by atoms with Crippen LogP contribution in [0.4, 0.5) is 0 Å². The minimum absolute atomic E-state index is 0.000306. The first kappa shape index (κ1) is 14.2. The standard InChI is InChI=1S/C15H19N3O3/c1-11-3-2-4-12(7-11)15-16-14(17-21-15)8-18-5-6-20-10-13(18)9-19/h2-4,7,13,19H,5-6,8-10H2,1H3. The molecule has 0 spiro atoms. The Morgan fingerprint density at radius 2 is 2.33 bits per heavy atom. The summed E-state index contributed by atoms with van der Waals surface area (Å²) in [6.45, 7) is 4.63. The lowest BCUT2D eigenvalue weighted by atomic mass is 10.1. The fourth-order valence-electron chi connectivity index (χ4n) is 2.46. The van der Waals surface area contributed by atoms with Crippen LogP contribution in [0.2, 0.25) is 0 Å². The van der Waals surface area contributed by atoms with Crippen molar-refractivity contribution >= 4 is 0 Å². The van der Waals surface area contributed by atoms with E-state index in [-0.39, 0.29) is 12.6 Å². The van der Waals surface area contributed by atoms with E-state index in [1.54, 1.807) is 0 Å². The Labute approximate surface area is 123 Å². The van der Waals surface area contributed by atoms with Crippen molar-refractivity contribution in [2.75, 3.05) is 26.4 Å². The molecule has 0 saturated carbocycles. The fraction of sp³-hybridized carbons (Fsp3) is 0.467. The fourth-order valence-corrected chi connectivity index (χ4v) is 2.46. The number of aliphatic hydroxyl groups excluding tert-OH is 1. The monoisotopic (exact) mass is 289 g/mol. The second kappa shape index (κ2) is 6.34. The van der Waals surface area contributed by atoms with Crippen LogP contribution in [0.1, 0.15) is 11.4 Å². The van der Waals surface area contributed by atoms with Crippen LogP contribution in [0.3, 0.4) is 0 Å². The summed E-state index contributed by atoms with van der Waals surface area (Å²) in [6, 6.07) is 7.97. The number of benzene rings is 1. The third-order valence-corrected chi connectivity index (χ3v) is 3.64. The highest BCUT2D eigenvalue weighted by atomic mass is 16.5. The van der Waals surface area contributed by atoms with Crippen LogP contribution in [0.15, 0.2) is 28.8 Å². The number of hydrogen-bond donors (Lipinski definition) is 1. The highest BCUT2D eigenvalue weighted by Gasteiger charge is 2.24. The van der Waals surface area contributed by atoms with Gasteiger partial charge in [0.15, 0.2) is 5.82 Å². The Morgan fingerprint density at radius 1 is 1.43 bits per heavy atom. The Hall–Kier alpha value is -1.76. The number of hydrogen-bond acceptors (Lipinski definition) is 6. The second-order valence-corrected chi connectivity index (χ2v) is 5.27. The quantitative estimate of drug-likeness (QED) is 0.913. The van der Waals surface area contributed by atoms with Gasteiger partial charge in [-0.2, -0.15) is 4.98 Å². The molecule has 112 valence electrons. The maximum atomic E-state index is 9.37. The molecule has 0 amide bonds. The average molecular weight is 289 g/mol. The first-order valence-corrected chi connectivity index (χ1v) is 7.08. The number of morpholine rings is 1. The summed E-state index contributed by atoms with van der Waals surface area (Å²) < 4.78 is 10.7. The molecule has 3 rings (SSSR count). The van der Waals surface area contributed by atoms with Crippen LogP contribution in [0.25, 0.3) is 11.5 Å². The summed E-state index contributed by atoms with van der Waals surface area (Å²) in [5.41, 5.74) is 2.08. The zero-order valence-corrected chi connectivity index (χ0v) is 12.0. The van der Waals surface area contributed by atoms with Gasteiger partial charge in [0.2, 0.25) is 0 Å². The Balaban J connectivity index is 1.73. The van der Waals surface area contributed by atoms with Crippen molar-refractivity contribution in [3.05, 3.63) is 35.7 Å². The molecule has 1 N–H and O–H groups in total. The third kappa shape index (κ3) is 3.29. The maximum Gasteiger partial charge on any atom is 0.257 e. The molecular formula is C15H19N3O3. The molecule has 0 bridgehead atoms. The Kier molecular flexibility index (Phi) is 4.28. The van der Waals surface area contributed by atoms with E-state index in [1.807, 2.05) is 31.2 Å². The molecule has 1 aliphatic rings. The van der Waals surface area contributed by atoms with Crippen molar-refractivity contribution < 1.29 is 14.4 Å². The smallest absolute Gasteiger partial charge is 0.257 e. The summed E-state index contributed by atoms with van der Waals surface area (Å²) >= 11 is 0. The number of rotatable bonds is 4. The molecule has 21 heavy (non-hydrogen) atoms. The molecule has 0 aliphatic carbocycles. The van der Waals surface area contributed by atoms with Gasteiger partial charge in [-0.05, 0) is 19.1 Å². The number of ether oxygens (including phenoxy) is 1. The predicted octanol–water partition coefficient (Wildman–Crippen LogP) is 1.24. The van der Waals surface area contributed by atoms with E-state index in [0.29, 0.717) is 31.5 Å². The molecule has 2 heterocycles. The first-order valence-electron chi connectivity index (χ1n) is 7.08. The van der Waals surface area contributed by atoms with E-state index in [1.165, 1.54) is 0 Å². The van der Waals surface area contributed by atoms with E-state index in [9.17, 15) is 5.11 Å². The molecule has 1 atom stereocenters. The normalized spacial score (nSPS) is 19.8. The summed E-state index contributed by atoms with van der Waals surface area (Å²) in [4.78, 5) is 6.56. The van der Waals surface area contributed by atoms with E-state index in [2.05, 4.69) is 15.0 Å². The van der Waals surface area contributed by atoms with Crippen LogP contribution < -0.4 is 0 Å². The lowest BCUT2D eigenvalue weighted by molar-refractivity contribution is -0.0324. The van der Waals surface area contributed by atoms with Crippen molar-refractivity contribution in [2.24, 2.45) is 0 Å². The molecule has 1 saturated heterocycles. The van der Waals surface area contributed by atoms with Crippen molar-refractivity contribution in [3.8, 4) is 11.5 Å². The van der Waals surface area contributed by atoms with Crippen LogP contribution in [-0.4, -0.2) is 52.6 Å². The van der Waals surface area contributed by atoms with E-state index < -0.39 is 0 Å². The summed E-state index contributed by atoms with van der Waals surface area (Å²) in [5, 5.41) is 13.4. The predicted molar refractivity (Wildman–Crippen MR) is 76.6 cm³/mol. The molecule has 6 nitrogen and oxygen atoms in total. The van der Waals surface area contributed by atoms with Gasteiger partial charge in [0.1, 0.15) is 0 Å². The number of aromatic nitrogens is 2. The van der Waals surface area contributed by atoms with Crippen LogP contribution in [0.5, 0.6) is 0 Å². The molecule has 1 fully saturated rings. The molecular weight excluding hydrogens is 270 g/mol. The van der Waals surface area contributed by atoms with Gasteiger partial charge in [0, 0.05) is 12.1 Å². The zero-order valence-electron chi connectivity index (χ0n) is 12.0. The third-order valence-electron chi connectivity index (χ3n) is 3.64. The van der Waals surface area contributed by atoms with Crippen LogP contribution in [0, 0.1) is 6.92 Å². The maximum absolute atomic E-state index is 9.37. The molecule has 0 radical (unpaired) electrons. The van der Waals surface area contributed by atoms with Gasteiger partial charge in [-0.25, -0.2) is 0 Å². The van der Waals surface area contributed by atoms with Gasteiger partial charge >= 0.3 is 0 Å². The second-order valence-electron chi connectivity index (χ2n) is 5.27. The molecule has 1 unspecified atom stereocenters. The molecule has 1 aliphatic heterocycles. The average Bonchev–Trinajstić information content (AvgIpc) is 2.96. The van der Waals surface area contributed by atoms with Crippen LogP contribution >= 0.6 is 0 Å². The summed E-state index contributed by atoms with van der Waals surface area (Å²) in [5.74, 6) is 1.16. The van der Waals surface area contributed by atoms with Crippen molar-refractivity contribution in [1.82, 2.24) is 15.0 Å². The van der Waals surface area contributed by atoms with Crippen LogP contribution in [-0.2, 0) is 11.3 Å². The van der Waals surface area contributed by atoms with Gasteiger partial charge in [-0.3, -0.25) is 4.90 Å². The SMILES string of the molecule is Cc1cccc(-c2nc(CN3CCOCC3CO)no2)c1. The summed E-state index contributed by atoms with van der Waals surface area (Å²) in [7, 11) is 0. The number of nitrogens with zero attached hydrogens (tertiary/aromatic N) is 3. The first-order chi connectivity index (χ1) is 10.3. The lowest BCUT2D eigenvalue weighted by Crippen LogP contribution is -2.47. The minimum atomic E-state index is -0.000306. The van der Waals surface area contributed by atoms with Gasteiger partial charge in [-0.15, -0.1) is 0 Å². The minimum Gasteiger partial charge on any atom is -0.395 e. The Bertz CT molecular complexity index is 599. The Morgan fingerprint density at radius 3 is 3.14 bits per heavy atom. The van der Waals surface area contributed by atoms with Gasteiger partial charge < -0.3 is 14.4 Å². The molecule has 1 aromatic carbocycles. The van der Waals surface area contributed by atoms with E-state index in [0.717, 1.165) is 17.7 Å². The van der Waals surface area contributed by atoms with Gasteiger partial charge in [0.25, 0.3) is 5.89 Å². The largest absolute Gasteiger partial charge is 0.395 e. The van der Waals surface area contributed by atoms with Crippen molar-refractivity contribution in [3.63, 3.8) is 0 Å². The molecule has 2 aromatic rings. The van der Waals surface area contributed by atoms with Gasteiger partial charge in [0.05, 0.1) is 32.4 Å². The molecule has 6 heteroatoms. The van der Waals surface area contributed by atoms with Crippen molar-refractivity contribution in [2.45, 2.75) is 19.5 Å². The highest BCUT2D eigenvalue weighted by Crippen LogP contribution is 2.19. The number of aryl methyl sites for hydroxylation is 1.